The van der Waals surface area contributed by atoms with Crippen molar-refractivity contribution in [2.24, 2.45) is 0 Å². The van der Waals surface area contributed by atoms with Gasteiger partial charge in [-0.3, -0.25) is 4.21 Å². The zero-order valence-electron chi connectivity index (χ0n) is 6.75. The van der Waals surface area contributed by atoms with E-state index in [4.69, 9.17) is 0 Å². The van der Waals surface area contributed by atoms with Crippen LogP contribution in [0.2, 0.25) is 0 Å². The molecular weight excluding hydrogens is 166 g/mol. The highest BCUT2D eigenvalue weighted by atomic mass is 32.2. The van der Waals surface area contributed by atoms with Gasteiger partial charge in [-0.15, -0.1) is 0 Å². The Hall–Kier alpha value is -0.580. The molecule has 0 aromatic carbocycles. The average Bonchev–Trinajstić information content (AvgIpc) is 1.97. The summed E-state index contributed by atoms with van der Waals surface area (Å²) < 4.78 is 14.9. The van der Waals surface area contributed by atoms with Crippen molar-refractivity contribution in [3.8, 4) is 0 Å². The minimum Gasteiger partial charge on any atom is -0.453 e. The Labute approximate surface area is 68.8 Å². The number of alkyl carbamates (subject to hydrolysis) is 1. The van der Waals surface area contributed by atoms with Crippen LogP contribution in [0, 0.1) is 0 Å². The summed E-state index contributed by atoms with van der Waals surface area (Å²) in [4.78, 5) is 10.4. The summed E-state index contributed by atoms with van der Waals surface area (Å²) in [7, 11) is 0.538. The molecule has 0 spiro atoms. The Bertz CT molecular complexity index is 149. The Morgan fingerprint density at radius 3 is 2.73 bits per heavy atom. The van der Waals surface area contributed by atoms with Crippen LogP contribution in [0.15, 0.2) is 0 Å². The van der Waals surface area contributed by atoms with Crippen LogP contribution in [0.25, 0.3) is 0 Å². The summed E-state index contributed by atoms with van der Waals surface area (Å²) in [6, 6.07) is 0. The van der Waals surface area contributed by atoms with Gasteiger partial charge in [0.2, 0.25) is 0 Å². The number of ether oxygens (including phenoxy) is 1. The topological polar surface area (TPSA) is 55.4 Å². The van der Waals surface area contributed by atoms with Crippen LogP contribution in [0.5, 0.6) is 0 Å². The molecule has 0 aliphatic rings. The zero-order valence-corrected chi connectivity index (χ0v) is 7.57. The van der Waals surface area contributed by atoms with Crippen LogP contribution >= 0.6 is 0 Å². The van der Waals surface area contributed by atoms with Crippen LogP contribution in [-0.4, -0.2) is 36.0 Å². The molecular formula is C6H13NO3S. The minimum atomic E-state index is -0.774. The van der Waals surface area contributed by atoms with Crippen molar-refractivity contribution in [3.63, 3.8) is 0 Å². The maximum atomic E-state index is 10.5. The molecule has 0 aliphatic heterocycles. The van der Waals surface area contributed by atoms with Gasteiger partial charge in [0, 0.05) is 29.4 Å². The van der Waals surface area contributed by atoms with E-state index >= 15 is 0 Å². The van der Waals surface area contributed by atoms with Crippen LogP contribution in [0.1, 0.15) is 6.42 Å². The van der Waals surface area contributed by atoms with Crippen molar-refractivity contribution in [1.29, 1.82) is 0 Å². The van der Waals surface area contributed by atoms with Crippen molar-refractivity contribution in [2.45, 2.75) is 6.42 Å². The molecule has 0 saturated heterocycles. The van der Waals surface area contributed by atoms with Crippen molar-refractivity contribution >= 4 is 16.9 Å². The number of hydrogen-bond acceptors (Lipinski definition) is 3. The minimum absolute atomic E-state index is 0.438. The van der Waals surface area contributed by atoms with E-state index in [0.717, 1.165) is 6.42 Å². The van der Waals surface area contributed by atoms with Crippen LogP contribution < -0.4 is 5.32 Å². The van der Waals surface area contributed by atoms with Crippen molar-refractivity contribution < 1.29 is 13.7 Å². The van der Waals surface area contributed by atoms with Crippen LogP contribution in [-0.2, 0) is 15.5 Å². The van der Waals surface area contributed by atoms with Gasteiger partial charge in [-0.25, -0.2) is 4.79 Å². The molecule has 5 heteroatoms. The van der Waals surface area contributed by atoms with Crippen molar-refractivity contribution in [3.05, 3.63) is 0 Å². The molecule has 0 fully saturated rings. The second kappa shape index (κ2) is 6.15. The number of carbonyl (C=O) groups excluding carboxylic acids is 1. The maximum absolute atomic E-state index is 10.5. The predicted molar refractivity (Wildman–Crippen MR) is 44.0 cm³/mol. The SMILES string of the molecule is COC(=O)NCCCS(C)=O. The molecule has 0 heterocycles. The van der Waals surface area contributed by atoms with E-state index in [2.05, 4.69) is 10.1 Å². The van der Waals surface area contributed by atoms with E-state index in [0.29, 0.717) is 12.3 Å². The normalized spacial score (nSPS) is 12.2. The molecule has 1 unspecified atom stereocenters. The summed E-state index contributed by atoms with van der Waals surface area (Å²) >= 11 is 0. The summed E-state index contributed by atoms with van der Waals surface area (Å²) in [6.07, 6.45) is 1.92. The van der Waals surface area contributed by atoms with Crippen molar-refractivity contribution in [1.82, 2.24) is 5.32 Å². The summed E-state index contributed by atoms with van der Waals surface area (Å²) in [5, 5.41) is 2.49. The number of amides is 1. The van der Waals surface area contributed by atoms with E-state index in [9.17, 15) is 9.00 Å². The maximum Gasteiger partial charge on any atom is 0.406 e. The smallest absolute Gasteiger partial charge is 0.406 e. The lowest BCUT2D eigenvalue weighted by Crippen LogP contribution is -2.24. The second-order valence-corrected chi connectivity index (χ2v) is 3.60. The Balaban J connectivity index is 3.14. The Morgan fingerprint density at radius 2 is 2.27 bits per heavy atom. The standard InChI is InChI=1S/C6H13NO3S/c1-10-6(8)7-4-3-5-11(2)9/h3-5H2,1-2H3,(H,7,8). The van der Waals surface area contributed by atoms with E-state index in [1.54, 1.807) is 6.26 Å². The predicted octanol–water partition coefficient (Wildman–Crippen LogP) is 0.111. The van der Waals surface area contributed by atoms with Gasteiger partial charge in [0.1, 0.15) is 0 Å². The van der Waals surface area contributed by atoms with Gasteiger partial charge in [0.15, 0.2) is 0 Å². The summed E-state index contributed by atoms with van der Waals surface area (Å²) in [5.74, 6) is 0.615. The first-order valence-corrected chi connectivity index (χ1v) is 5.01. The third-order valence-corrected chi connectivity index (χ3v) is 1.93. The van der Waals surface area contributed by atoms with E-state index < -0.39 is 16.9 Å². The number of carbonyl (C=O) groups is 1. The van der Waals surface area contributed by atoms with Crippen molar-refractivity contribution in [2.75, 3.05) is 25.7 Å². The quantitative estimate of drug-likeness (QED) is 0.623. The van der Waals surface area contributed by atoms with Gasteiger partial charge in [-0.1, -0.05) is 0 Å². The van der Waals surface area contributed by atoms with Gasteiger partial charge in [0.25, 0.3) is 0 Å². The number of rotatable bonds is 4. The van der Waals surface area contributed by atoms with Gasteiger partial charge in [-0.05, 0) is 6.42 Å². The van der Waals surface area contributed by atoms with Gasteiger partial charge < -0.3 is 10.1 Å². The molecule has 0 aromatic rings. The Kier molecular flexibility index (Phi) is 5.83. The highest BCUT2D eigenvalue weighted by Crippen LogP contribution is 1.81. The molecule has 0 bridgehead atoms. The number of methoxy groups -OCH3 is 1. The van der Waals surface area contributed by atoms with E-state index in [-0.39, 0.29) is 0 Å². The van der Waals surface area contributed by atoms with Gasteiger partial charge in [-0.2, -0.15) is 0 Å². The van der Waals surface area contributed by atoms with Gasteiger partial charge >= 0.3 is 6.09 Å². The molecule has 0 aliphatic carbocycles. The first-order valence-electron chi connectivity index (χ1n) is 3.28. The summed E-state index contributed by atoms with van der Waals surface area (Å²) in [5.41, 5.74) is 0. The molecule has 66 valence electrons. The molecule has 1 atom stereocenters. The summed E-state index contributed by atoms with van der Waals surface area (Å²) in [6.45, 7) is 0.520. The lowest BCUT2D eigenvalue weighted by atomic mass is 10.5. The molecule has 4 nitrogen and oxygen atoms in total. The molecule has 1 amide bonds. The Morgan fingerprint density at radius 1 is 1.64 bits per heavy atom. The lowest BCUT2D eigenvalue weighted by molar-refractivity contribution is 0.171. The monoisotopic (exact) mass is 179 g/mol. The highest BCUT2D eigenvalue weighted by Gasteiger charge is 1.96. The van der Waals surface area contributed by atoms with Crippen LogP contribution in [0.4, 0.5) is 4.79 Å². The molecule has 0 rings (SSSR count). The third kappa shape index (κ3) is 7.32. The molecule has 0 radical (unpaired) electrons. The van der Waals surface area contributed by atoms with E-state index in [1.807, 2.05) is 0 Å². The molecule has 0 saturated carbocycles. The fraction of sp³-hybridized carbons (Fsp3) is 0.833. The fourth-order valence-corrected chi connectivity index (χ4v) is 1.09. The number of nitrogens with one attached hydrogen (secondary N) is 1. The molecule has 0 aromatic heterocycles. The van der Waals surface area contributed by atoms with Crippen LogP contribution in [0.3, 0.4) is 0 Å². The zero-order chi connectivity index (χ0) is 8.69. The highest BCUT2D eigenvalue weighted by molar-refractivity contribution is 7.84. The lowest BCUT2D eigenvalue weighted by Gasteiger charge is -2.01. The number of hydrogen-bond donors (Lipinski definition) is 1. The first-order chi connectivity index (χ1) is 5.16. The first kappa shape index (κ1) is 10.4. The second-order valence-electron chi connectivity index (χ2n) is 2.05. The molecule has 11 heavy (non-hydrogen) atoms. The molecule has 1 N–H and O–H groups in total. The fourth-order valence-electron chi connectivity index (χ4n) is 0.538. The average molecular weight is 179 g/mol. The van der Waals surface area contributed by atoms with E-state index in [1.165, 1.54) is 7.11 Å². The third-order valence-electron chi connectivity index (χ3n) is 1.06. The van der Waals surface area contributed by atoms with Gasteiger partial charge in [0.05, 0.1) is 7.11 Å². The largest absolute Gasteiger partial charge is 0.453 e.